The first-order valence-corrected chi connectivity index (χ1v) is 3.51. The Morgan fingerprint density at radius 2 is 2.40 bits per heavy atom. The Kier molecular flexibility index (Phi) is 2.51. The van der Waals surface area contributed by atoms with Crippen molar-refractivity contribution >= 4 is 12.6 Å². The Labute approximate surface area is 66.2 Å². The summed E-state index contributed by atoms with van der Waals surface area (Å²) in [6, 6.07) is 5.69. The summed E-state index contributed by atoms with van der Waals surface area (Å²) in [5, 5.41) is -0.0544. The number of aromatic nitrogens is 1. The SMILES string of the molecule is C=CC([S])c1ccccn1. The van der Waals surface area contributed by atoms with Gasteiger partial charge in [0.2, 0.25) is 0 Å². The van der Waals surface area contributed by atoms with E-state index in [2.05, 4.69) is 11.6 Å². The second kappa shape index (κ2) is 3.42. The zero-order valence-corrected chi connectivity index (χ0v) is 6.34. The third-order valence-corrected chi connectivity index (χ3v) is 1.63. The first kappa shape index (κ1) is 7.35. The van der Waals surface area contributed by atoms with Crippen molar-refractivity contribution in [2.45, 2.75) is 5.25 Å². The quantitative estimate of drug-likeness (QED) is 0.590. The summed E-state index contributed by atoms with van der Waals surface area (Å²) in [7, 11) is 0. The lowest BCUT2D eigenvalue weighted by Gasteiger charge is -2.00. The van der Waals surface area contributed by atoms with E-state index in [0.717, 1.165) is 5.69 Å². The predicted molar refractivity (Wildman–Crippen MR) is 44.8 cm³/mol. The number of pyridine rings is 1. The number of rotatable bonds is 2. The van der Waals surface area contributed by atoms with Crippen LogP contribution in [0.5, 0.6) is 0 Å². The molecule has 0 aromatic carbocycles. The van der Waals surface area contributed by atoms with Crippen molar-refractivity contribution in [2.24, 2.45) is 0 Å². The van der Waals surface area contributed by atoms with Gasteiger partial charge in [-0.3, -0.25) is 4.98 Å². The topological polar surface area (TPSA) is 12.9 Å². The van der Waals surface area contributed by atoms with Crippen molar-refractivity contribution in [3.8, 4) is 0 Å². The van der Waals surface area contributed by atoms with Crippen LogP contribution in [0.25, 0.3) is 0 Å². The highest BCUT2D eigenvalue weighted by molar-refractivity contribution is 7.80. The van der Waals surface area contributed by atoms with E-state index in [0.29, 0.717) is 0 Å². The minimum absolute atomic E-state index is 0.0544. The van der Waals surface area contributed by atoms with E-state index in [1.165, 1.54) is 0 Å². The molecule has 1 aromatic rings. The van der Waals surface area contributed by atoms with Crippen LogP contribution in [-0.2, 0) is 0 Å². The number of hydrogen-bond acceptors (Lipinski definition) is 1. The van der Waals surface area contributed by atoms with Gasteiger partial charge in [0.1, 0.15) is 0 Å². The summed E-state index contributed by atoms with van der Waals surface area (Å²) in [5.74, 6) is 0. The molecule has 2 heteroatoms. The van der Waals surface area contributed by atoms with Crippen molar-refractivity contribution < 1.29 is 0 Å². The normalized spacial score (nSPS) is 12.5. The standard InChI is InChI=1S/C8H8NS/c1-2-8(10)7-5-3-4-6-9-7/h2-6,8H,1H2. The molecule has 10 heavy (non-hydrogen) atoms. The van der Waals surface area contributed by atoms with Crippen LogP contribution in [-0.4, -0.2) is 4.98 Å². The molecule has 0 N–H and O–H groups in total. The molecule has 0 aliphatic heterocycles. The molecule has 1 nitrogen and oxygen atoms in total. The van der Waals surface area contributed by atoms with Gasteiger partial charge in [-0.25, -0.2) is 0 Å². The molecule has 1 heterocycles. The summed E-state index contributed by atoms with van der Waals surface area (Å²) >= 11 is 5.02. The van der Waals surface area contributed by atoms with E-state index in [9.17, 15) is 0 Å². The van der Waals surface area contributed by atoms with Gasteiger partial charge in [-0.15, -0.1) is 6.58 Å². The van der Waals surface area contributed by atoms with Gasteiger partial charge in [-0.2, -0.15) is 0 Å². The van der Waals surface area contributed by atoms with Gasteiger partial charge in [0.25, 0.3) is 0 Å². The lowest BCUT2D eigenvalue weighted by atomic mass is 10.3. The molecule has 1 radical (unpaired) electrons. The first-order valence-electron chi connectivity index (χ1n) is 3.04. The fraction of sp³-hybridized carbons (Fsp3) is 0.125. The zero-order chi connectivity index (χ0) is 7.40. The zero-order valence-electron chi connectivity index (χ0n) is 5.53. The molecule has 0 aliphatic rings. The fourth-order valence-corrected chi connectivity index (χ4v) is 0.804. The summed E-state index contributed by atoms with van der Waals surface area (Å²) in [4.78, 5) is 4.07. The minimum atomic E-state index is -0.0544. The highest BCUT2D eigenvalue weighted by Crippen LogP contribution is 2.16. The van der Waals surface area contributed by atoms with Crippen LogP contribution >= 0.6 is 12.6 Å². The van der Waals surface area contributed by atoms with Gasteiger partial charge in [-0.05, 0) is 12.1 Å². The van der Waals surface area contributed by atoms with Gasteiger partial charge in [0.05, 0.1) is 10.9 Å². The lowest BCUT2D eigenvalue weighted by Crippen LogP contribution is -1.87. The summed E-state index contributed by atoms with van der Waals surface area (Å²) < 4.78 is 0. The van der Waals surface area contributed by atoms with E-state index in [4.69, 9.17) is 12.6 Å². The Morgan fingerprint density at radius 1 is 1.60 bits per heavy atom. The molecule has 1 rings (SSSR count). The van der Waals surface area contributed by atoms with Crippen LogP contribution in [0.3, 0.4) is 0 Å². The maximum atomic E-state index is 5.02. The van der Waals surface area contributed by atoms with Crippen molar-refractivity contribution in [3.05, 3.63) is 42.7 Å². The van der Waals surface area contributed by atoms with Crippen molar-refractivity contribution in [1.29, 1.82) is 0 Å². The van der Waals surface area contributed by atoms with Crippen LogP contribution in [0.1, 0.15) is 10.9 Å². The lowest BCUT2D eigenvalue weighted by molar-refractivity contribution is 1.10. The van der Waals surface area contributed by atoms with E-state index in [1.54, 1.807) is 12.3 Å². The number of nitrogens with zero attached hydrogens (tertiary/aromatic N) is 1. The maximum absolute atomic E-state index is 5.02. The fourth-order valence-electron chi connectivity index (χ4n) is 0.665. The van der Waals surface area contributed by atoms with Crippen LogP contribution < -0.4 is 0 Å². The summed E-state index contributed by atoms with van der Waals surface area (Å²) in [6.07, 6.45) is 3.44. The average molecular weight is 150 g/mol. The van der Waals surface area contributed by atoms with E-state index >= 15 is 0 Å². The first-order chi connectivity index (χ1) is 4.84. The monoisotopic (exact) mass is 150 g/mol. The highest BCUT2D eigenvalue weighted by atomic mass is 32.1. The van der Waals surface area contributed by atoms with Crippen molar-refractivity contribution in [3.63, 3.8) is 0 Å². The molecule has 0 bridgehead atoms. The van der Waals surface area contributed by atoms with Gasteiger partial charge in [0.15, 0.2) is 0 Å². The van der Waals surface area contributed by atoms with Crippen LogP contribution in [0.2, 0.25) is 0 Å². The Morgan fingerprint density at radius 3 is 2.90 bits per heavy atom. The Hall–Kier alpha value is -0.760. The predicted octanol–water partition coefficient (Wildman–Crippen LogP) is 2.51. The molecule has 1 unspecified atom stereocenters. The van der Waals surface area contributed by atoms with E-state index in [1.807, 2.05) is 18.2 Å². The molecule has 1 aromatic heterocycles. The molecular formula is C8H8NS. The Bertz CT molecular complexity index is 208. The third-order valence-electron chi connectivity index (χ3n) is 1.19. The van der Waals surface area contributed by atoms with Crippen LogP contribution in [0.15, 0.2) is 37.1 Å². The Balaban J connectivity index is 2.84. The molecule has 0 saturated heterocycles. The second-order valence-electron chi connectivity index (χ2n) is 1.91. The van der Waals surface area contributed by atoms with E-state index < -0.39 is 0 Å². The summed E-state index contributed by atoms with van der Waals surface area (Å²) in [6.45, 7) is 3.59. The van der Waals surface area contributed by atoms with Gasteiger partial charge in [-0.1, -0.05) is 24.8 Å². The molecule has 0 saturated carbocycles. The summed E-state index contributed by atoms with van der Waals surface area (Å²) in [5.41, 5.74) is 0.896. The van der Waals surface area contributed by atoms with Crippen LogP contribution in [0, 0.1) is 0 Å². The molecule has 0 amide bonds. The van der Waals surface area contributed by atoms with Gasteiger partial charge >= 0.3 is 0 Å². The van der Waals surface area contributed by atoms with Gasteiger partial charge in [0, 0.05) is 6.20 Å². The maximum Gasteiger partial charge on any atom is 0.0751 e. The van der Waals surface area contributed by atoms with Gasteiger partial charge < -0.3 is 0 Å². The minimum Gasteiger partial charge on any atom is -0.260 e. The molecule has 0 aliphatic carbocycles. The van der Waals surface area contributed by atoms with Crippen LogP contribution in [0.4, 0.5) is 0 Å². The molecule has 1 atom stereocenters. The van der Waals surface area contributed by atoms with E-state index in [-0.39, 0.29) is 5.25 Å². The smallest absolute Gasteiger partial charge is 0.0751 e. The molecule has 0 spiro atoms. The van der Waals surface area contributed by atoms with Crippen molar-refractivity contribution in [2.75, 3.05) is 0 Å². The second-order valence-corrected chi connectivity index (χ2v) is 2.42. The average Bonchev–Trinajstić information content (AvgIpc) is 2.05. The molecule has 0 fully saturated rings. The largest absolute Gasteiger partial charge is 0.260 e. The molecular weight excluding hydrogens is 142 g/mol. The molecule has 51 valence electrons. The third kappa shape index (κ3) is 1.61. The highest BCUT2D eigenvalue weighted by Gasteiger charge is 2.00. The number of hydrogen-bond donors (Lipinski definition) is 0. The van der Waals surface area contributed by atoms with Crippen molar-refractivity contribution in [1.82, 2.24) is 4.98 Å².